The molecule has 1 aromatic carbocycles. The molecule has 3 N–H and O–H groups in total. The molecule has 0 heterocycles. The summed E-state index contributed by atoms with van der Waals surface area (Å²) in [5.74, 6) is -1.25. The molecule has 3 nitrogen and oxygen atoms in total. The first-order valence-corrected chi connectivity index (χ1v) is 4.58. The monoisotopic (exact) mass is 232 g/mol. The van der Waals surface area contributed by atoms with Crippen LogP contribution in [0, 0.1) is 5.82 Å². The van der Waals surface area contributed by atoms with Gasteiger partial charge in [-0.25, -0.2) is 13.2 Å². The van der Waals surface area contributed by atoms with Crippen molar-refractivity contribution < 1.29 is 18.0 Å². The van der Waals surface area contributed by atoms with Crippen LogP contribution in [0.4, 0.5) is 13.2 Å². The number of halogens is 3. The molecule has 1 amide bonds. The summed E-state index contributed by atoms with van der Waals surface area (Å²) in [6.45, 7) is -0.600. The van der Waals surface area contributed by atoms with Crippen LogP contribution in [-0.4, -0.2) is 18.9 Å². The molecule has 0 aliphatic heterocycles. The number of amides is 1. The Morgan fingerprint density at radius 2 is 2.12 bits per heavy atom. The van der Waals surface area contributed by atoms with Crippen molar-refractivity contribution in [1.29, 1.82) is 0 Å². The van der Waals surface area contributed by atoms with E-state index in [4.69, 9.17) is 5.73 Å². The Labute approximate surface area is 90.4 Å². The zero-order valence-corrected chi connectivity index (χ0v) is 8.34. The lowest BCUT2D eigenvalue weighted by molar-refractivity contribution is 0.1000. The number of carbonyl (C=O) groups excluding carboxylic acids is 1. The highest BCUT2D eigenvalue weighted by Crippen LogP contribution is 2.10. The van der Waals surface area contributed by atoms with Crippen LogP contribution in [0.1, 0.15) is 15.9 Å². The fraction of sp³-hybridized carbons (Fsp3) is 0.300. The van der Waals surface area contributed by atoms with Crippen LogP contribution in [0.3, 0.4) is 0 Å². The van der Waals surface area contributed by atoms with Gasteiger partial charge in [0.05, 0.1) is 6.54 Å². The molecule has 6 heteroatoms. The van der Waals surface area contributed by atoms with E-state index in [1.165, 1.54) is 12.1 Å². The van der Waals surface area contributed by atoms with Crippen LogP contribution in [0.5, 0.6) is 0 Å². The molecule has 1 rings (SSSR count). The van der Waals surface area contributed by atoms with Crippen molar-refractivity contribution in [3.63, 3.8) is 0 Å². The maximum absolute atomic E-state index is 13.2. The predicted molar refractivity (Wildman–Crippen MR) is 52.6 cm³/mol. The number of rotatable bonds is 5. The molecule has 0 aliphatic carbocycles. The predicted octanol–water partition coefficient (Wildman–Crippen LogP) is 1.28. The maximum Gasteiger partial charge on any atom is 0.250 e. The molecule has 16 heavy (non-hydrogen) atoms. The van der Waals surface area contributed by atoms with Crippen LogP contribution < -0.4 is 11.1 Å². The summed E-state index contributed by atoms with van der Waals surface area (Å²) in [6, 6.07) is 3.57. The lowest BCUT2D eigenvalue weighted by Gasteiger charge is -2.06. The normalized spacial score (nSPS) is 10.8. The first-order chi connectivity index (χ1) is 7.50. The summed E-state index contributed by atoms with van der Waals surface area (Å²) in [6.07, 6.45) is -2.50. The topological polar surface area (TPSA) is 55.1 Å². The van der Waals surface area contributed by atoms with Crippen molar-refractivity contribution >= 4 is 5.91 Å². The summed E-state index contributed by atoms with van der Waals surface area (Å²) >= 11 is 0. The molecule has 0 atom stereocenters. The fourth-order valence-corrected chi connectivity index (χ4v) is 1.18. The number of alkyl halides is 2. The van der Waals surface area contributed by atoms with Crippen LogP contribution >= 0.6 is 0 Å². The molecule has 0 unspecified atom stereocenters. The van der Waals surface area contributed by atoms with Gasteiger partial charge in [-0.1, -0.05) is 0 Å². The van der Waals surface area contributed by atoms with Gasteiger partial charge in [-0.3, -0.25) is 4.79 Å². The van der Waals surface area contributed by atoms with Gasteiger partial charge in [0.15, 0.2) is 0 Å². The largest absolute Gasteiger partial charge is 0.366 e. The Morgan fingerprint density at radius 3 is 2.69 bits per heavy atom. The Balaban J connectivity index is 2.70. The third kappa shape index (κ3) is 3.54. The summed E-state index contributed by atoms with van der Waals surface area (Å²) in [5, 5.41) is 2.37. The number of hydrogen-bond donors (Lipinski definition) is 2. The van der Waals surface area contributed by atoms with E-state index in [0.29, 0.717) is 0 Å². The van der Waals surface area contributed by atoms with E-state index in [0.717, 1.165) is 6.07 Å². The molecule has 1 aromatic rings. The Morgan fingerprint density at radius 1 is 1.44 bits per heavy atom. The quantitative estimate of drug-likeness (QED) is 0.803. The Bertz CT molecular complexity index is 382. The van der Waals surface area contributed by atoms with Gasteiger partial charge < -0.3 is 11.1 Å². The second-order valence-electron chi connectivity index (χ2n) is 3.19. The maximum atomic E-state index is 13.2. The molecular formula is C10H11F3N2O. The molecule has 0 aliphatic rings. The third-order valence-corrected chi connectivity index (χ3v) is 1.94. The number of primary amides is 1. The minimum absolute atomic E-state index is 0.0721. The number of nitrogens with one attached hydrogen (secondary N) is 1. The molecule has 0 saturated carbocycles. The van der Waals surface area contributed by atoms with Crippen LogP contribution in [0.2, 0.25) is 0 Å². The molecule has 0 radical (unpaired) electrons. The summed E-state index contributed by atoms with van der Waals surface area (Å²) in [4.78, 5) is 10.8. The van der Waals surface area contributed by atoms with Crippen molar-refractivity contribution in [2.45, 2.75) is 13.0 Å². The van der Waals surface area contributed by atoms with Crippen LogP contribution in [-0.2, 0) is 6.54 Å². The second-order valence-corrected chi connectivity index (χ2v) is 3.19. The molecule has 88 valence electrons. The van der Waals surface area contributed by atoms with Crippen molar-refractivity contribution in [2.24, 2.45) is 5.73 Å². The molecule has 0 saturated heterocycles. The van der Waals surface area contributed by atoms with Crippen molar-refractivity contribution in [3.8, 4) is 0 Å². The number of hydrogen-bond acceptors (Lipinski definition) is 2. The number of benzene rings is 1. The van der Waals surface area contributed by atoms with Crippen LogP contribution in [0.15, 0.2) is 18.2 Å². The Hall–Kier alpha value is -1.56. The van der Waals surface area contributed by atoms with Gasteiger partial charge >= 0.3 is 0 Å². The minimum atomic E-state index is -2.50. The van der Waals surface area contributed by atoms with E-state index >= 15 is 0 Å². The standard InChI is InChI=1S/C10H11F3N2O/c11-8-2-1-6(10(14)16)3-7(8)4-15-5-9(12)13/h1-3,9,15H,4-5H2,(H2,14,16). The highest BCUT2D eigenvalue weighted by Gasteiger charge is 2.08. The van der Waals surface area contributed by atoms with Gasteiger partial charge in [-0.15, -0.1) is 0 Å². The van der Waals surface area contributed by atoms with E-state index in [9.17, 15) is 18.0 Å². The van der Waals surface area contributed by atoms with Gasteiger partial charge in [-0.2, -0.15) is 0 Å². The van der Waals surface area contributed by atoms with E-state index in [1.807, 2.05) is 0 Å². The number of carbonyl (C=O) groups is 1. The van der Waals surface area contributed by atoms with Gasteiger partial charge in [0.1, 0.15) is 5.82 Å². The first kappa shape index (κ1) is 12.5. The lowest BCUT2D eigenvalue weighted by Crippen LogP contribution is -2.21. The number of nitrogens with two attached hydrogens (primary N) is 1. The third-order valence-electron chi connectivity index (χ3n) is 1.94. The highest BCUT2D eigenvalue weighted by atomic mass is 19.3. The van der Waals surface area contributed by atoms with E-state index < -0.39 is 24.7 Å². The summed E-state index contributed by atoms with van der Waals surface area (Å²) in [7, 11) is 0. The first-order valence-electron chi connectivity index (χ1n) is 4.58. The van der Waals surface area contributed by atoms with Crippen molar-refractivity contribution in [1.82, 2.24) is 5.32 Å². The molecule has 0 spiro atoms. The van der Waals surface area contributed by atoms with Crippen LogP contribution in [0.25, 0.3) is 0 Å². The Kier molecular flexibility index (Phi) is 4.30. The fourth-order valence-electron chi connectivity index (χ4n) is 1.18. The highest BCUT2D eigenvalue weighted by molar-refractivity contribution is 5.92. The summed E-state index contributed by atoms with van der Waals surface area (Å²) in [5.41, 5.74) is 5.29. The van der Waals surface area contributed by atoms with Gasteiger partial charge in [0.2, 0.25) is 5.91 Å². The summed E-state index contributed by atoms with van der Waals surface area (Å²) < 4.78 is 36.8. The zero-order chi connectivity index (χ0) is 12.1. The van der Waals surface area contributed by atoms with Gasteiger partial charge in [0, 0.05) is 17.7 Å². The van der Waals surface area contributed by atoms with Crippen molar-refractivity contribution in [2.75, 3.05) is 6.54 Å². The zero-order valence-electron chi connectivity index (χ0n) is 8.34. The van der Waals surface area contributed by atoms with E-state index in [2.05, 4.69) is 5.32 Å². The average Bonchev–Trinajstić information content (AvgIpc) is 2.20. The van der Waals surface area contributed by atoms with E-state index in [-0.39, 0.29) is 17.7 Å². The minimum Gasteiger partial charge on any atom is -0.366 e. The molecule has 0 bridgehead atoms. The van der Waals surface area contributed by atoms with Crippen molar-refractivity contribution in [3.05, 3.63) is 35.1 Å². The van der Waals surface area contributed by atoms with Gasteiger partial charge in [-0.05, 0) is 18.2 Å². The van der Waals surface area contributed by atoms with Gasteiger partial charge in [0.25, 0.3) is 6.43 Å². The molecule has 0 aromatic heterocycles. The average molecular weight is 232 g/mol. The molecule has 0 fully saturated rings. The smallest absolute Gasteiger partial charge is 0.250 e. The lowest BCUT2D eigenvalue weighted by atomic mass is 10.1. The SMILES string of the molecule is NC(=O)c1ccc(F)c(CNCC(F)F)c1. The molecular weight excluding hydrogens is 221 g/mol. The van der Waals surface area contributed by atoms with E-state index in [1.54, 1.807) is 0 Å². The second kappa shape index (κ2) is 5.50.